The lowest BCUT2D eigenvalue weighted by Crippen LogP contribution is -2.40. The number of hydrogen-bond donors (Lipinski definition) is 0. The van der Waals surface area contributed by atoms with Crippen LogP contribution in [0.4, 0.5) is 0 Å². The van der Waals surface area contributed by atoms with Gasteiger partial charge in [-0.1, -0.05) is 95.2 Å². The van der Waals surface area contributed by atoms with Crippen molar-refractivity contribution in [3.63, 3.8) is 0 Å². The summed E-state index contributed by atoms with van der Waals surface area (Å²) in [5.41, 5.74) is 3.67. The highest BCUT2D eigenvalue weighted by Crippen LogP contribution is 2.35. The van der Waals surface area contributed by atoms with Crippen molar-refractivity contribution < 1.29 is 14.3 Å². The molecule has 1 atom stereocenters. The average Bonchev–Trinajstić information content (AvgIpc) is 3.35. The number of halogens is 3. The van der Waals surface area contributed by atoms with E-state index in [9.17, 15) is 9.59 Å². The number of aromatic nitrogens is 1. The van der Waals surface area contributed by atoms with Crippen molar-refractivity contribution >= 4 is 68.2 Å². The Bertz CT molecular complexity index is 2110. The van der Waals surface area contributed by atoms with Gasteiger partial charge >= 0.3 is 5.97 Å². The molecular weight excluding hydrogens is 695 g/mol. The van der Waals surface area contributed by atoms with Gasteiger partial charge in [0.1, 0.15) is 12.4 Å². The molecule has 0 saturated carbocycles. The molecule has 5 aromatic rings. The molecule has 0 bridgehead atoms. The van der Waals surface area contributed by atoms with Gasteiger partial charge in [0.25, 0.3) is 5.56 Å². The number of ether oxygens (including phenoxy) is 2. The highest BCUT2D eigenvalue weighted by atomic mass is 79.9. The first-order valence-corrected chi connectivity index (χ1v) is 16.4. The lowest BCUT2D eigenvalue weighted by molar-refractivity contribution is -0.138. The summed E-state index contributed by atoms with van der Waals surface area (Å²) in [6.45, 7) is 2.28. The van der Waals surface area contributed by atoms with Crippen molar-refractivity contribution in [3.8, 4) is 5.75 Å². The summed E-state index contributed by atoms with van der Waals surface area (Å²) in [5, 5.41) is 1.19. The molecule has 0 aliphatic carbocycles. The van der Waals surface area contributed by atoms with Crippen LogP contribution >= 0.6 is 50.5 Å². The Kier molecular flexibility index (Phi) is 9.37. The summed E-state index contributed by atoms with van der Waals surface area (Å²) in [4.78, 5) is 33.0. The van der Waals surface area contributed by atoms with E-state index in [1.165, 1.54) is 11.3 Å². The molecule has 45 heavy (non-hydrogen) atoms. The van der Waals surface area contributed by atoms with Crippen molar-refractivity contribution in [1.29, 1.82) is 0 Å². The fourth-order valence-corrected chi connectivity index (χ4v) is 6.91. The molecule has 2 heterocycles. The van der Waals surface area contributed by atoms with Crippen LogP contribution in [-0.4, -0.2) is 17.1 Å². The molecule has 0 saturated heterocycles. The van der Waals surface area contributed by atoms with Crippen LogP contribution in [0.2, 0.25) is 10.0 Å². The van der Waals surface area contributed by atoms with Crippen LogP contribution in [0.1, 0.15) is 35.2 Å². The SMILES string of the molecule is CCOC(=O)C1=C(c2ccccc2)N=c2s/c(=C\c3ccc(OCc4cccc(Cl)c4)c(Br)c3)c(=O)n2[C@@H]1c1ccc(Cl)cc1. The fraction of sp³-hybridized carbons (Fsp3) is 0.114. The van der Waals surface area contributed by atoms with Crippen molar-refractivity contribution in [2.75, 3.05) is 6.61 Å². The minimum atomic E-state index is -0.774. The van der Waals surface area contributed by atoms with Crippen LogP contribution in [0.15, 0.2) is 117 Å². The molecule has 0 N–H and O–H groups in total. The van der Waals surface area contributed by atoms with Crippen LogP contribution in [-0.2, 0) is 16.1 Å². The number of thiazole rings is 1. The number of nitrogens with zero attached hydrogens (tertiary/aromatic N) is 2. The number of esters is 1. The summed E-state index contributed by atoms with van der Waals surface area (Å²) in [6.07, 6.45) is 1.81. The Morgan fingerprint density at radius 3 is 2.47 bits per heavy atom. The van der Waals surface area contributed by atoms with Gasteiger partial charge in [0.2, 0.25) is 0 Å². The molecule has 4 aromatic carbocycles. The quantitative estimate of drug-likeness (QED) is 0.155. The third-order valence-corrected chi connectivity index (χ3v) is 9.19. The van der Waals surface area contributed by atoms with Gasteiger partial charge in [0.05, 0.1) is 32.9 Å². The zero-order valence-corrected chi connectivity index (χ0v) is 27.8. The van der Waals surface area contributed by atoms with Gasteiger partial charge in [-0.2, -0.15) is 0 Å². The van der Waals surface area contributed by atoms with Gasteiger partial charge in [0, 0.05) is 15.6 Å². The standard InChI is InChI=1S/C35H25BrCl2N2O4S/c1-2-43-34(42)30-31(23-8-4-3-5-9-23)39-35-40(32(30)24-12-14-25(37)15-13-24)33(41)29(45-35)19-21-11-16-28(27(36)18-21)44-20-22-7-6-10-26(38)17-22/h3-19,32H,2,20H2,1H3/b29-19-/t32-/m1/s1. The van der Waals surface area contributed by atoms with Gasteiger partial charge < -0.3 is 9.47 Å². The molecule has 0 unspecified atom stereocenters. The molecule has 0 fully saturated rings. The Balaban J connectivity index is 1.45. The Hall–Kier alpha value is -3.95. The lowest BCUT2D eigenvalue weighted by atomic mass is 9.93. The second-order valence-corrected chi connectivity index (χ2v) is 12.8. The predicted molar refractivity (Wildman–Crippen MR) is 182 cm³/mol. The molecule has 1 aromatic heterocycles. The van der Waals surface area contributed by atoms with E-state index >= 15 is 0 Å². The molecule has 226 valence electrons. The van der Waals surface area contributed by atoms with Gasteiger partial charge in [0.15, 0.2) is 4.80 Å². The number of rotatable bonds is 8. The van der Waals surface area contributed by atoms with Crippen LogP contribution in [0, 0.1) is 0 Å². The first kappa shape index (κ1) is 31.0. The van der Waals surface area contributed by atoms with Crippen LogP contribution in [0.5, 0.6) is 5.75 Å². The summed E-state index contributed by atoms with van der Waals surface area (Å²) < 4.78 is 14.3. The Labute approximate surface area is 281 Å². The molecule has 0 amide bonds. The minimum absolute atomic E-state index is 0.176. The molecule has 0 radical (unpaired) electrons. The average molecular weight is 720 g/mol. The topological polar surface area (TPSA) is 69.9 Å². The van der Waals surface area contributed by atoms with Gasteiger partial charge in [-0.3, -0.25) is 9.36 Å². The second-order valence-electron chi connectivity index (χ2n) is 10.1. The summed E-state index contributed by atoms with van der Waals surface area (Å²) in [5.74, 6) is 0.120. The molecular formula is C35H25BrCl2N2O4S. The second kappa shape index (κ2) is 13.6. The fourth-order valence-electron chi connectivity index (χ4n) is 5.06. The van der Waals surface area contributed by atoms with E-state index in [1.54, 1.807) is 23.6 Å². The zero-order valence-electron chi connectivity index (χ0n) is 23.9. The van der Waals surface area contributed by atoms with Crippen LogP contribution in [0.25, 0.3) is 11.8 Å². The number of benzene rings is 4. The number of hydrogen-bond acceptors (Lipinski definition) is 6. The van der Waals surface area contributed by atoms with Crippen molar-refractivity contribution in [2.24, 2.45) is 4.99 Å². The lowest BCUT2D eigenvalue weighted by Gasteiger charge is -2.25. The largest absolute Gasteiger partial charge is 0.488 e. The van der Waals surface area contributed by atoms with E-state index in [0.29, 0.717) is 43.0 Å². The van der Waals surface area contributed by atoms with Gasteiger partial charge in [-0.05, 0) is 82.0 Å². The summed E-state index contributed by atoms with van der Waals surface area (Å²) in [6, 6.07) is 28.9. The summed E-state index contributed by atoms with van der Waals surface area (Å²) in [7, 11) is 0. The van der Waals surface area contributed by atoms with Crippen molar-refractivity contribution in [1.82, 2.24) is 4.57 Å². The van der Waals surface area contributed by atoms with Crippen LogP contribution < -0.4 is 19.6 Å². The first-order chi connectivity index (χ1) is 21.8. The van der Waals surface area contributed by atoms with E-state index in [2.05, 4.69) is 15.9 Å². The molecule has 6 nitrogen and oxygen atoms in total. The highest BCUT2D eigenvalue weighted by molar-refractivity contribution is 9.10. The van der Waals surface area contributed by atoms with E-state index in [4.69, 9.17) is 37.7 Å². The third kappa shape index (κ3) is 6.70. The molecule has 10 heteroatoms. The first-order valence-electron chi connectivity index (χ1n) is 14.0. The van der Waals surface area contributed by atoms with Gasteiger partial charge in [-0.25, -0.2) is 9.79 Å². The number of carbonyl (C=O) groups is 1. The third-order valence-electron chi connectivity index (χ3n) is 7.10. The Morgan fingerprint density at radius 2 is 1.76 bits per heavy atom. The van der Waals surface area contributed by atoms with E-state index in [-0.39, 0.29) is 17.7 Å². The van der Waals surface area contributed by atoms with Crippen molar-refractivity contribution in [2.45, 2.75) is 19.6 Å². The maximum absolute atomic E-state index is 14.1. The Morgan fingerprint density at radius 1 is 0.978 bits per heavy atom. The number of fused-ring (bicyclic) bond motifs is 1. The molecule has 1 aliphatic heterocycles. The maximum Gasteiger partial charge on any atom is 0.338 e. The predicted octanol–water partition coefficient (Wildman–Crippen LogP) is 7.58. The molecule has 0 spiro atoms. The van der Waals surface area contributed by atoms with E-state index in [1.807, 2.05) is 91.0 Å². The van der Waals surface area contributed by atoms with Gasteiger partial charge in [-0.15, -0.1) is 0 Å². The normalized spacial score (nSPS) is 14.6. The summed E-state index contributed by atoms with van der Waals surface area (Å²) >= 11 is 17.2. The van der Waals surface area contributed by atoms with Crippen molar-refractivity contribution in [3.05, 3.63) is 159 Å². The van der Waals surface area contributed by atoms with E-state index < -0.39 is 12.0 Å². The van der Waals surface area contributed by atoms with Crippen LogP contribution in [0.3, 0.4) is 0 Å². The highest BCUT2D eigenvalue weighted by Gasteiger charge is 2.35. The van der Waals surface area contributed by atoms with E-state index in [0.717, 1.165) is 21.2 Å². The monoisotopic (exact) mass is 718 g/mol. The number of carbonyl (C=O) groups excluding carboxylic acids is 1. The molecule has 6 rings (SSSR count). The minimum Gasteiger partial charge on any atom is -0.488 e. The smallest absolute Gasteiger partial charge is 0.338 e. The molecule has 1 aliphatic rings. The maximum atomic E-state index is 14.1. The zero-order chi connectivity index (χ0) is 31.5.